The summed E-state index contributed by atoms with van der Waals surface area (Å²) in [6.45, 7) is 5.19. The summed E-state index contributed by atoms with van der Waals surface area (Å²) in [5, 5.41) is 15.1. The molecule has 1 aliphatic rings. The molecule has 3 aromatic heterocycles. The lowest BCUT2D eigenvalue weighted by Gasteiger charge is -2.31. The molecule has 4 heterocycles. The molecule has 10 heteroatoms. The average Bonchev–Trinajstić information content (AvgIpc) is 3.55. The van der Waals surface area contributed by atoms with Gasteiger partial charge in [-0.3, -0.25) is 4.68 Å². The molecular formula is C27H28F2N6O2. The second-order valence-electron chi connectivity index (χ2n) is 9.15. The van der Waals surface area contributed by atoms with E-state index in [9.17, 15) is 5.26 Å². The zero-order valence-corrected chi connectivity index (χ0v) is 21.0. The zero-order chi connectivity index (χ0) is 26.1. The SMILES string of the molecule is CCN1CCC(n2cc(-c3cnc4[nH]cc(Cc5c(F)c(OC)cc(OC)c5F)c4c3)c(C#N)n2)CC1. The van der Waals surface area contributed by atoms with Crippen molar-refractivity contribution in [3.8, 4) is 28.7 Å². The Morgan fingerprint density at radius 1 is 1.14 bits per heavy atom. The summed E-state index contributed by atoms with van der Waals surface area (Å²) in [6, 6.07) is 5.51. The van der Waals surface area contributed by atoms with E-state index in [2.05, 4.69) is 33.0 Å². The van der Waals surface area contributed by atoms with Crippen LogP contribution in [0.4, 0.5) is 8.78 Å². The number of methoxy groups -OCH3 is 2. The lowest BCUT2D eigenvalue weighted by molar-refractivity contribution is 0.187. The van der Waals surface area contributed by atoms with Crippen LogP contribution in [-0.4, -0.2) is 58.5 Å². The number of halogens is 2. The van der Waals surface area contributed by atoms with E-state index in [1.165, 1.54) is 20.3 Å². The summed E-state index contributed by atoms with van der Waals surface area (Å²) >= 11 is 0. The van der Waals surface area contributed by atoms with Crippen LogP contribution in [0, 0.1) is 23.0 Å². The van der Waals surface area contributed by atoms with Gasteiger partial charge in [-0.2, -0.15) is 10.4 Å². The first-order chi connectivity index (χ1) is 18.0. The van der Waals surface area contributed by atoms with Crippen LogP contribution in [0.15, 0.2) is 30.7 Å². The number of piperidine rings is 1. The van der Waals surface area contributed by atoms with Crippen molar-refractivity contribution in [1.29, 1.82) is 5.26 Å². The Bertz CT molecular complexity index is 1450. The first kappa shape index (κ1) is 24.7. The molecule has 37 heavy (non-hydrogen) atoms. The molecule has 1 aliphatic heterocycles. The average molecular weight is 507 g/mol. The van der Waals surface area contributed by atoms with E-state index in [-0.39, 0.29) is 29.5 Å². The number of fused-ring (bicyclic) bond motifs is 1. The summed E-state index contributed by atoms with van der Waals surface area (Å²) in [4.78, 5) is 9.98. The largest absolute Gasteiger partial charge is 0.494 e. The van der Waals surface area contributed by atoms with Crippen molar-refractivity contribution in [3.63, 3.8) is 0 Å². The Morgan fingerprint density at radius 3 is 2.46 bits per heavy atom. The van der Waals surface area contributed by atoms with Crippen molar-refractivity contribution in [2.45, 2.75) is 32.2 Å². The van der Waals surface area contributed by atoms with Crippen LogP contribution >= 0.6 is 0 Å². The number of likely N-dealkylation sites (tertiary alicyclic amines) is 1. The number of nitrogens with zero attached hydrogens (tertiary/aromatic N) is 5. The van der Waals surface area contributed by atoms with Gasteiger partial charge < -0.3 is 19.4 Å². The number of benzene rings is 1. The topological polar surface area (TPSA) is 92.0 Å². The van der Waals surface area contributed by atoms with Gasteiger partial charge in [0.15, 0.2) is 28.8 Å². The predicted molar refractivity (Wildman–Crippen MR) is 135 cm³/mol. The molecule has 0 unspecified atom stereocenters. The number of hydrogen-bond donors (Lipinski definition) is 1. The van der Waals surface area contributed by atoms with Crippen molar-refractivity contribution < 1.29 is 18.3 Å². The number of H-pyrrole nitrogens is 1. The molecule has 0 amide bonds. The maximum Gasteiger partial charge on any atom is 0.171 e. The third-order valence-electron chi connectivity index (χ3n) is 7.18. The first-order valence-electron chi connectivity index (χ1n) is 12.2. The number of pyridine rings is 1. The molecule has 1 aromatic carbocycles. The zero-order valence-electron chi connectivity index (χ0n) is 21.0. The van der Waals surface area contributed by atoms with Gasteiger partial charge in [0.1, 0.15) is 11.7 Å². The van der Waals surface area contributed by atoms with E-state index in [0.717, 1.165) is 32.5 Å². The molecule has 1 N–H and O–H groups in total. The molecule has 1 fully saturated rings. The van der Waals surface area contributed by atoms with E-state index in [1.807, 2.05) is 16.9 Å². The minimum Gasteiger partial charge on any atom is -0.494 e. The predicted octanol–water partition coefficient (Wildman–Crippen LogP) is 4.84. The number of rotatable bonds is 7. The maximum atomic E-state index is 15.0. The van der Waals surface area contributed by atoms with Gasteiger partial charge in [0.05, 0.1) is 20.3 Å². The van der Waals surface area contributed by atoms with Crippen LogP contribution in [0.25, 0.3) is 22.2 Å². The molecule has 0 spiro atoms. The van der Waals surface area contributed by atoms with Crippen molar-refractivity contribution in [3.05, 3.63) is 59.2 Å². The van der Waals surface area contributed by atoms with Crippen molar-refractivity contribution >= 4 is 11.0 Å². The fourth-order valence-electron chi connectivity index (χ4n) is 5.01. The molecule has 0 saturated carbocycles. The third kappa shape index (κ3) is 4.51. The smallest absolute Gasteiger partial charge is 0.171 e. The normalized spacial score (nSPS) is 14.7. The number of nitriles is 1. The Labute approximate surface area is 213 Å². The van der Waals surface area contributed by atoms with Gasteiger partial charge in [-0.05, 0) is 31.0 Å². The van der Waals surface area contributed by atoms with Crippen LogP contribution in [0.3, 0.4) is 0 Å². The standard InChI is InChI=1S/C27H28F2N6O2/c1-4-34-7-5-18(6-8-34)35-15-21(22(12-30)33-35)17-9-19-16(13-31-27(19)32-14-17)10-20-25(28)23(36-2)11-24(37-3)26(20)29/h9,11,13-15,18H,4-8,10H2,1-3H3,(H,31,32). The van der Waals surface area contributed by atoms with Gasteiger partial charge in [-0.1, -0.05) is 6.92 Å². The highest BCUT2D eigenvalue weighted by atomic mass is 19.1. The Hall–Kier alpha value is -3.97. The van der Waals surface area contributed by atoms with Gasteiger partial charge in [0, 0.05) is 66.2 Å². The molecular weight excluding hydrogens is 478 g/mol. The number of nitrogens with one attached hydrogen (secondary N) is 1. The lowest BCUT2D eigenvalue weighted by atomic mass is 10.0. The Balaban J connectivity index is 1.51. The van der Waals surface area contributed by atoms with Crippen molar-refractivity contribution in [2.75, 3.05) is 33.9 Å². The molecule has 0 atom stereocenters. The van der Waals surface area contributed by atoms with Crippen LogP contribution < -0.4 is 9.47 Å². The second-order valence-corrected chi connectivity index (χ2v) is 9.15. The Kier molecular flexibility index (Phi) is 6.80. The van der Waals surface area contributed by atoms with Crippen LogP contribution in [0.2, 0.25) is 0 Å². The molecule has 0 bridgehead atoms. The number of hydrogen-bond acceptors (Lipinski definition) is 6. The van der Waals surface area contributed by atoms with Gasteiger partial charge in [0.2, 0.25) is 0 Å². The minimum atomic E-state index is -0.776. The van der Waals surface area contributed by atoms with Gasteiger partial charge in [0.25, 0.3) is 0 Å². The van der Waals surface area contributed by atoms with E-state index in [4.69, 9.17) is 9.47 Å². The quantitative estimate of drug-likeness (QED) is 0.386. The third-order valence-corrected chi connectivity index (χ3v) is 7.18. The highest BCUT2D eigenvalue weighted by molar-refractivity contribution is 5.85. The molecule has 4 aromatic rings. The molecule has 192 valence electrons. The molecule has 5 rings (SSSR count). The van der Waals surface area contributed by atoms with Gasteiger partial charge in [-0.15, -0.1) is 0 Å². The first-order valence-corrected chi connectivity index (χ1v) is 12.2. The number of aromatic amines is 1. The van der Waals surface area contributed by atoms with Gasteiger partial charge in [-0.25, -0.2) is 13.8 Å². The van der Waals surface area contributed by atoms with Crippen LogP contribution in [-0.2, 0) is 6.42 Å². The summed E-state index contributed by atoms with van der Waals surface area (Å²) in [5.74, 6) is -1.74. The second kappa shape index (κ2) is 10.2. The summed E-state index contributed by atoms with van der Waals surface area (Å²) in [7, 11) is 2.64. The molecule has 0 radical (unpaired) electrons. The lowest BCUT2D eigenvalue weighted by Crippen LogP contribution is -2.34. The van der Waals surface area contributed by atoms with E-state index >= 15 is 8.78 Å². The van der Waals surface area contributed by atoms with Crippen LogP contribution in [0.5, 0.6) is 11.5 Å². The Morgan fingerprint density at radius 2 is 1.84 bits per heavy atom. The summed E-state index contributed by atoms with van der Waals surface area (Å²) < 4.78 is 42.1. The number of ether oxygens (including phenoxy) is 2. The fraction of sp³-hybridized carbons (Fsp3) is 0.370. The van der Waals surface area contributed by atoms with Crippen molar-refractivity contribution in [2.24, 2.45) is 0 Å². The van der Waals surface area contributed by atoms with E-state index in [1.54, 1.807) is 12.4 Å². The molecule has 1 saturated heterocycles. The number of aromatic nitrogens is 4. The van der Waals surface area contributed by atoms with Crippen LogP contribution in [0.1, 0.15) is 42.6 Å². The fourth-order valence-corrected chi connectivity index (χ4v) is 5.01. The van der Waals surface area contributed by atoms with Gasteiger partial charge >= 0.3 is 0 Å². The maximum absolute atomic E-state index is 15.0. The molecule has 8 nitrogen and oxygen atoms in total. The monoisotopic (exact) mass is 506 g/mol. The summed E-state index contributed by atoms with van der Waals surface area (Å²) in [6.07, 6.45) is 7.17. The van der Waals surface area contributed by atoms with E-state index < -0.39 is 11.6 Å². The summed E-state index contributed by atoms with van der Waals surface area (Å²) in [5.41, 5.74) is 2.79. The molecule has 0 aliphatic carbocycles. The highest BCUT2D eigenvalue weighted by Crippen LogP contribution is 2.35. The van der Waals surface area contributed by atoms with Crippen molar-refractivity contribution in [1.82, 2.24) is 24.6 Å². The minimum absolute atomic E-state index is 0.0449. The highest BCUT2D eigenvalue weighted by Gasteiger charge is 2.24. The van der Waals surface area contributed by atoms with E-state index in [0.29, 0.717) is 33.4 Å².